The largest absolute Gasteiger partial charge is 0.378 e. The third-order valence-electron chi connectivity index (χ3n) is 6.83. The first-order valence-electron chi connectivity index (χ1n) is 11.2. The molecular formula is C28H25NOS. The summed E-state index contributed by atoms with van der Waals surface area (Å²) in [7, 11) is 0. The van der Waals surface area contributed by atoms with E-state index in [0.29, 0.717) is 0 Å². The average Bonchev–Trinajstić information content (AvgIpc) is 2.83. The molecular weight excluding hydrogens is 398 g/mol. The van der Waals surface area contributed by atoms with Crippen LogP contribution in [0.5, 0.6) is 0 Å². The minimum Gasteiger partial charge on any atom is -0.378 e. The van der Waals surface area contributed by atoms with Crippen LogP contribution in [0.3, 0.4) is 0 Å². The third kappa shape index (κ3) is 3.15. The highest BCUT2D eigenvalue weighted by Crippen LogP contribution is 2.41. The zero-order valence-corrected chi connectivity index (χ0v) is 18.4. The highest BCUT2D eigenvalue weighted by Gasteiger charge is 2.17. The maximum atomic E-state index is 5.75. The Morgan fingerprint density at radius 2 is 1.45 bits per heavy atom. The van der Waals surface area contributed by atoms with Gasteiger partial charge in [0.25, 0.3) is 0 Å². The van der Waals surface area contributed by atoms with Crippen molar-refractivity contribution in [3.05, 3.63) is 72.3 Å². The van der Waals surface area contributed by atoms with Gasteiger partial charge >= 0.3 is 0 Å². The molecule has 154 valence electrons. The maximum Gasteiger partial charge on any atom is 0.0780 e. The lowest BCUT2D eigenvalue weighted by Crippen LogP contribution is -2.39. The second-order valence-electron chi connectivity index (χ2n) is 8.55. The molecule has 0 unspecified atom stereocenters. The van der Waals surface area contributed by atoms with Gasteiger partial charge in [0.15, 0.2) is 0 Å². The molecule has 5 aromatic carbocycles. The quantitative estimate of drug-likeness (QED) is 0.181. The molecule has 0 amide bonds. The summed E-state index contributed by atoms with van der Waals surface area (Å²) in [6, 6.07) is 24.7. The van der Waals surface area contributed by atoms with E-state index >= 15 is 0 Å². The first-order chi connectivity index (χ1) is 15.3. The first kappa shape index (κ1) is 19.0. The van der Waals surface area contributed by atoms with Crippen LogP contribution in [-0.2, 0) is 11.2 Å². The Bertz CT molecular complexity index is 1400. The molecule has 1 aliphatic heterocycles. The summed E-state index contributed by atoms with van der Waals surface area (Å²) in [5.41, 5.74) is 1.46. The summed E-state index contributed by atoms with van der Waals surface area (Å²) in [5, 5.41) is 11.0. The normalized spacial score (nSPS) is 14.9. The monoisotopic (exact) mass is 423 g/mol. The Morgan fingerprint density at radius 1 is 0.742 bits per heavy atom. The summed E-state index contributed by atoms with van der Waals surface area (Å²) < 4.78 is 5.47. The average molecular weight is 424 g/mol. The second kappa shape index (κ2) is 7.74. The molecule has 31 heavy (non-hydrogen) atoms. The molecule has 2 nitrogen and oxygen atoms in total. The van der Waals surface area contributed by atoms with Gasteiger partial charge in [-0.3, -0.25) is 0 Å². The number of hydrogen-bond donors (Lipinski definition) is 0. The van der Waals surface area contributed by atoms with Gasteiger partial charge in [-0.25, -0.2) is 0 Å². The fourth-order valence-electron chi connectivity index (χ4n) is 5.34. The Kier molecular flexibility index (Phi) is 4.74. The molecule has 0 bridgehead atoms. The molecule has 0 N–H and O–H groups in total. The molecule has 6 rings (SSSR count). The third-order valence-corrected chi connectivity index (χ3v) is 7.29. The van der Waals surface area contributed by atoms with Crippen molar-refractivity contribution < 1.29 is 4.74 Å². The van der Waals surface area contributed by atoms with Gasteiger partial charge in [-0.2, -0.15) is 0 Å². The van der Waals surface area contributed by atoms with E-state index in [1.54, 1.807) is 0 Å². The second-order valence-corrected chi connectivity index (χ2v) is 9.02. The van der Waals surface area contributed by atoms with Crippen molar-refractivity contribution in [2.24, 2.45) is 0 Å². The zero-order chi connectivity index (χ0) is 20.8. The molecule has 3 heteroatoms. The predicted molar refractivity (Wildman–Crippen MR) is 136 cm³/mol. The maximum absolute atomic E-state index is 5.75. The van der Waals surface area contributed by atoms with Crippen LogP contribution in [0.1, 0.15) is 18.4 Å². The lowest BCUT2D eigenvalue weighted by molar-refractivity contribution is 0.0682. The molecule has 1 fully saturated rings. The van der Waals surface area contributed by atoms with E-state index in [4.69, 9.17) is 17.0 Å². The van der Waals surface area contributed by atoms with Gasteiger partial charge in [-0.1, -0.05) is 78.9 Å². The van der Waals surface area contributed by atoms with Gasteiger partial charge in [-0.05, 0) is 67.9 Å². The van der Waals surface area contributed by atoms with Crippen LogP contribution in [0.4, 0.5) is 0 Å². The molecule has 0 spiro atoms. The molecule has 5 aromatic rings. The van der Waals surface area contributed by atoms with Crippen molar-refractivity contribution in [1.29, 1.82) is 0 Å². The van der Waals surface area contributed by atoms with Crippen LogP contribution < -0.4 is 0 Å². The van der Waals surface area contributed by atoms with E-state index in [0.717, 1.165) is 50.6 Å². The van der Waals surface area contributed by atoms with Crippen molar-refractivity contribution >= 4 is 60.3 Å². The Labute approximate surface area is 187 Å². The number of aryl methyl sites for hydroxylation is 1. The molecule has 0 aliphatic carbocycles. The highest BCUT2D eigenvalue weighted by molar-refractivity contribution is 7.80. The zero-order valence-electron chi connectivity index (χ0n) is 17.6. The van der Waals surface area contributed by atoms with Crippen molar-refractivity contribution in [1.82, 2.24) is 4.90 Å². The fourth-order valence-corrected chi connectivity index (χ4v) is 5.67. The van der Waals surface area contributed by atoms with Crippen LogP contribution in [0, 0.1) is 0 Å². The predicted octanol–water partition coefficient (Wildman–Crippen LogP) is 6.72. The van der Waals surface area contributed by atoms with Crippen LogP contribution in [-0.4, -0.2) is 36.2 Å². The van der Waals surface area contributed by atoms with Crippen molar-refractivity contribution in [2.75, 3.05) is 26.3 Å². The Hall–Kier alpha value is -2.75. The van der Waals surface area contributed by atoms with E-state index in [2.05, 4.69) is 71.6 Å². The number of benzene rings is 5. The van der Waals surface area contributed by atoms with Crippen LogP contribution in [0.25, 0.3) is 43.1 Å². The number of hydrogen-bond acceptors (Lipinski definition) is 2. The minimum atomic E-state index is 0.791. The standard InChI is InChI=1S/C28H25NOS/c31-26(29-15-17-30-18-16-29)10-4-9-23-21-7-1-2-8-22(21)24-13-11-19-5-3-6-20-12-14-25(23)28(24)27(19)20/h1-3,5-8,11-14H,4,9-10,15-18H2. The number of rotatable bonds is 4. The topological polar surface area (TPSA) is 12.5 Å². The van der Waals surface area contributed by atoms with Gasteiger partial charge in [0.1, 0.15) is 0 Å². The molecule has 1 heterocycles. The summed E-state index contributed by atoms with van der Waals surface area (Å²) >= 11 is 5.75. The summed E-state index contributed by atoms with van der Waals surface area (Å²) in [4.78, 5) is 3.41. The van der Waals surface area contributed by atoms with Crippen LogP contribution in [0.15, 0.2) is 66.7 Å². The molecule has 1 aliphatic rings. The highest BCUT2D eigenvalue weighted by atomic mass is 32.1. The minimum absolute atomic E-state index is 0.791. The first-order valence-corrected chi connectivity index (χ1v) is 11.6. The Balaban J connectivity index is 1.45. The number of morpholine rings is 1. The van der Waals surface area contributed by atoms with E-state index in [9.17, 15) is 0 Å². The molecule has 0 radical (unpaired) electrons. The van der Waals surface area contributed by atoms with Crippen molar-refractivity contribution in [2.45, 2.75) is 19.3 Å². The number of nitrogens with zero attached hydrogens (tertiary/aromatic N) is 1. The van der Waals surface area contributed by atoms with Crippen molar-refractivity contribution in [3.8, 4) is 0 Å². The molecule has 0 aromatic heterocycles. The summed E-state index contributed by atoms with van der Waals surface area (Å²) in [6.07, 6.45) is 3.08. The van der Waals surface area contributed by atoms with Gasteiger partial charge < -0.3 is 9.64 Å². The SMILES string of the molecule is S=C(CCCc1c2ccccc2c2ccc3cccc4ccc1c2c43)N1CCOCC1. The number of ether oxygens (including phenoxy) is 1. The van der Waals surface area contributed by atoms with Gasteiger partial charge in [-0.15, -0.1) is 0 Å². The van der Waals surface area contributed by atoms with Crippen LogP contribution in [0.2, 0.25) is 0 Å². The van der Waals surface area contributed by atoms with Gasteiger partial charge in [0.2, 0.25) is 0 Å². The van der Waals surface area contributed by atoms with Gasteiger partial charge in [0.05, 0.1) is 18.2 Å². The summed E-state index contributed by atoms with van der Waals surface area (Å²) in [6.45, 7) is 3.45. The lowest BCUT2D eigenvalue weighted by atomic mass is 9.86. The van der Waals surface area contributed by atoms with E-state index < -0.39 is 0 Å². The van der Waals surface area contributed by atoms with Crippen molar-refractivity contribution in [3.63, 3.8) is 0 Å². The summed E-state index contributed by atoms with van der Waals surface area (Å²) in [5.74, 6) is 0. The Morgan fingerprint density at radius 3 is 2.23 bits per heavy atom. The number of fused-ring (bicyclic) bond motifs is 2. The van der Waals surface area contributed by atoms with Crippen LogP contribution >= 0.6 is 12.2 Å². The lowest BCUT2D eigenvalue weighted by Gasteiger charge is -2.29. The molecule has 0 atom stereocenters. The molecule has 0 saturated carbocycles. The smallest absolute Gasteiger partial charge is 0.0780 e. The van der Waals surface area contributed by atoms with E-state index in [1.165, 1.54) is 48.7 Å². The number of thiocarbonyl (C=S) groups is 1. The van der Waals surface area contributed by atoms with E-state index in [-0.39, 0.29) is 0 Å². The van der Waals surface area contributed by atoms with Gasteiger partial charge in [0, 0.05) is 13.1 Å². The molecule has 1 saturated heterocycles. The fraction of sp³-hybridized carbons (Fsp3) is 0.250. The van der Waals surface area contributed by atoms with E-state index in [1.807, 2.05) is 0 Å².